The van der Waals surface area contributed by atoms with E-state index in [1.54, 1.807) is 0 Å². The second-order valence-corrected chi connectivity index (χ2v) is 5.17. The number of nitrogens with zero attached hydrogens (tertiary/aromatic N) is 3. The van der Waals surface area contributed by atoms with Gasteiger partial charge < -0.3 is 35.1 Å². The molecule has 10 heteroatoms. The molecule has 10 nitrogen and oxygen atoms in total. The first-order valence-electron chi connectivity index (χ1n) is 6.86. The molecule has 3 rings (SSSR count). The number of nitrogens with one attached hydrogen (secondary N) is 1. The summed E-state index contributed by atoms with van der Waals surface area (Å²) >= 11 is 0. The highest BCUT2D eigenvalue weighted by atomic mass is 16.6. The lowest BCUT2D eigenvalue weighted by atomic mass is 10.1. The quantitative estimate of drug-likeness (QED) is 0.340. The van der Waals surface area contributed by atoms with Gasteiger partial charge in [-0.05, 0) is 0 Å². The molecule has 3 heterocycles. The fourth-order valence-corrected chi connectivity index (χ4v) is 2.69. The molecule has 0 aromatic carbocycles. The molecule has 23 heavy (non-hydrogen) atoms. The van der Waals surface area contributed by atoms with Gasteiger partial charge in [0.25, 0.3) is 0 Å². The minimum atomic E-state index is -1.27. The lowest BCUT2D eigenvalue weighted by Crippen LogP contribution is -2.33. The molecule has 1 fully saturated rings. The summed E-state index contributed by atoms with van der Waals surface area (Å²) in [6, 6.07) is 0. The number of ether oxygens (including phenoxy) is 2. The average molecular weight is 323 g/mol. The average Bonchev–Trinajstić information content (AvgIpc) is 3.07. The van der Waals surface area contributed by atoms with Gasteiger partial charge in [0.1, 0.15) is 36.1 Å². The van der Waals surface area contributed by atoms with Crippen molar-refractivity contribution in [3.05, 3.63) is 18.1 Å². The van der Waals surface area contributed by atoms with Crippen LogP contribution in [0, 0.1) is 5.41 Å². The molecule has 0 saturated carbocycles. The van der Waals surface area contributed by atoms with Crippen molar-refractivity contribution in [1.82, 2.24) is 14.5 Å². The Labute approximate surface area is 130 Å². The smallest absolute Gasteiger partial charge is 0.215 e. The zero-order valence-corrected chi connectivity index (χ0v) is 12.2. The Kier molecular flexibility index (Phi) is 3.90. The molecule has 1 aliphatic rings. The minimum Gasteiger partial charge on any atom is -0.481 e. The van der Waals surface area contributed by atoms with Crippen molar-refractivity contribution in [1.29, 1.82) is 5.41 Å². The van der Waals surface area contributed by atoms with Crippen molar-refractivity contribution < 1.29 is 24.8 Å². The van der Waals surface area contributed by atoms with Crippen molar-refractivity contribution in [2.45, 2.75) is 24.5 Å². The van der Waals surface area contributed by atoms with Gasteiger partial charge in [-0.2, -0.15) is 0 Å². The van der Waals surface area contributed by atoms with E-state index in [1.807, 2.05) is 0 Å². The number of aromatic nitrogens is 3. The van der Waals surface area contributed by atoms with E-state index < -0.39 is 31.1 Å². The Bertz CT molecular complexity index is 748. The molecule has 124 valence electrons. The van der Waals surface area contributed by atoms with Crippen LogP contribution in [-0.4, -0.2) is 67.8 Å². The molecule has 0 aliphatic carbocycles. The van der Waals surface area contributed by atoms with Crippen LogP contribution in [-0.2, 0) is 9.47 Å². The Morgan fingerprint density at radius 2 is 2.17 bits per heavy atom. The number of methoxy groups -OCH3 is 1. The molecule has 0 bridgehead atoms. The van der Waals surface area contributed by atoms with E-state index >= 15 is 0 Å². The van der Waals surface area contributed by atoms with Crippen LogP contribution in [0.3, 0.4) is 0 Å². The van der Waals surface area contributed by atoms with Crippen LogP contribution in [0.1, 0.15) is 11.8 Å². The van der Waals surface area contributed by atoms with Gasteiger partial charge in [-0.3, -0.25) is 5.41 Å². The van der Waals surface area contributed by atoms with Gasteiger partial charge in [-0.1, -0.05) is 0 Å². The second-order valence-electron chi connectivity index (χ2n) is 5.17. The summed E-state index contributed by atoms with van der Waals surface area (Å²) in [5.41, 5.74) is 6.52. The standard InChI is InChI=1S/C13H17N5O5/c1-22-11(15)5-2-18(12-7(5)10(14)16-4-17-12)13-9(21)8(20)6(3-19)23-13/h2,4,6,8-9,13,15,19-21H,3H2,1H3,(H2,14,16,17)/t6-,8-,9-,13-/m0/s1. The van der Waals surface area contributed by atoms with Gasteiger partial charge in [0.05, 0.1) is 24.7 Å². The lowest BCUT2D eigenvalue weighted by molar-refractivity contribution is -0.0508. The maximum Gasteiger partial charge on any atom is 0.215 e. The predicted octanol–water partition coefficient (Wildman–Crippen LogP) is -1.40. The first-order chi connectivity index (χ1) is 11.0. The summed E-state index contributed by atoms with van der Waals surface area (Å²) in [6.45, 7) is -0.439. The Morgan fingerprint density at radius 3 is 2.78 bits per heavy atom. The van der Waals surface area contributed by atoms with E-state index in [-0.39, 0.29) is 11.7 Å². The third-order valence-electron chi connectivity index (χ3n) is 3.88. The van der Waals surface area contributed by atoms with E-state index in [9.17, 15) is 15.3 Å². The molecular weight excluding hydrogens is 306 g/mol. The highest BCUT2D eigenvalue weighted by Crippen LogP contribution is 2.34. The van der Waals surface area contributed by atoms with Crippen molar-refractivity contribution in [2.24, 2.45) is 0 Å². The zero-order valence-electron chi connectivity index (χ0n) is 12.2. The number of nitrogens with two attached hydrogens (primary N) is 1. The predicted molar refractivity (Wildman–Crippen MR) is 78.8 cm³/mol. The van der Waals surface area contributed by atoms with Gasteiger partial charge in [0, 0.05) is 6.20 Å². The topological polar surface area (TPSA) is 160 Å². The van der Waals surface area contributed by atoms with Gasteiger partial charge >= 0.3 is 0 Å². The summed E-state index contributed by atoms with van der Waals surface area (Å²) in [5.74, 6) is -0.000660. The molecule has 4 atom stereocenters. The van der Waals surface area contributed by atoms with Crippen molar-refractivity contribution >= 4 is 22.7 Å². The number of nitrogen functional groups attached to an aromatic ring is 1. The first kappa shape index (κ1) is 15.6. The summed E-state index contributed by atoms with van der Waals surface area (Å²) in [6.07, 6.45) is -1.69. The van der Waals surface area contributed by atoms with Gasteiger partial charge in [0.2, 0.25) is 5.90 Å². The third kappa shape index (κ3) is 2.32. The molecule has 0 radical (unpaired) electrons. The van der Waals surface area contributed by atoms with Crippen molar-refractivity contribution in [2.75, 3.05) is 19.5 Å². The Balaban J connectivity index is 2.16. The third-order valence-corrected chi connectivity index (χ3v) is 3.88. The summed E-state index contributed by atoms with van der Waals surface area (Å²) in [7, 11) is 1.35. The van der Waals surface area contributed by atoms with Crippen LogP contribution >= 0.6 is 0 Å². The fraction of sp³-hybridized carbons (Fsp3) is 0.462. The molecule has 0 spiro atoms. The largest absolute Gasteiger partial charge is 0.481 e. The normalized spacial score (nSPS) is 27.5. The second kappa shape index (κ2) is 5.74. The van der Waals surface area contributed by atoms with Gasteiger partial charge in [-0.25, -0.2) is 9.97 Å². The molecule has 2 aromatic heterocycles. The van der Waals surface area contributed by atoms with E-state index in [1.165, 1.54) is 24.2 Å². The van der Waals surface area contributed by atoms with Gasteiger partial charge in [0.15, 0.2) is 6.23 Å². The van der Waals surface area contributed by atoms with Crippen molar-refractivity contribution in [3.63, 3.8) is 0 Å². The molecule has 1 saturated heterocycles. The maximum absolute atomic E-state index is 10.2. The number of rotatable bonds is 3. The molecular formula is C13H17N5O5. The Morgan fingerprint density at radius 1 is 1.43 bits per heavy atom. The van der Waals surface area contributed by atoms with Crippen LogP contribution in [0.4, 0.5) is 5.82 Å². The van der Waals surface area contributed by atoms with E-state index in [2.05, 4.69) is 9.97 Å². The SMILES string of the molecule is COC(=N)c1cn([C@H]2O[C@@H](CO)[C@H](O)[C@@H]2O)c2ncnc(N)c12. The summed E-state index contributed by atoms with van der Waals surface area (Å²) < 4.78 is 11.9. The van der Waals surface area contributed by atoms with Crippen LogP contribution in [0.5, 0.6) is 0 Å². The van der Waals surface area contributed by atoms with E-state index in [0.717, 1.165) is 0 Å². The molecule has 0 amide bonds. The van der Waals surface area contributed by atoms with Crippen LogP contribution in [0.2, 0.25) is 0 Å². The number of anilines is 1. The van der Waals surface area contributed by atoms with Crippen LogP contribution < -0.4 is 5.73 Å². The minimum absolute atomic E-state index is 0.150. The number of aliphatic hydroxyl groups is 3. The monoisotopic (exact) mass is 323 g/mol. The zero-order chi connectivity index (χ0) is 16.7. The van der Waals surface area contributed by atoms with Gasteiger partial charge in [-0.15, -0.1) is 0 Å². The highest BCUT2D eigenvalue weighted by Gasteiger charge is 2.44. The van der Waals surface area contributed by atoms with Crippen LogP contribution in [0.25, 0.3) is 11.0 Å². The van der Waals surface area contributed by atoms with Crippen LogP contribution in [0.15, 0.2) is 12.5 Å². The van der Waals surface area contributed by atoms with E-state index in [4.69, 9.17) is 20.6 Å². The highest BCUT2D eigenvalue weighted by molar-refractivity contribution is 6.08. The number of aliphatic hydroxyl groups excluding tert-OH is 3. The Hall–Kier alpha value is -2.27. The molecule has 0 unspecified atom stereocenters. The number of hydrogen-bond acceptors (Lipinski definition) is 9. The summed E-state index contributed by atoms with van der Waals surface area (Å²) in [4.78, 5) is 8.02. The lowest BCUT2D eigenvalue weighted by Gasteiger charge is -2.17. The first-order valence-corrected chi connectivity index (χ1v) is 6.86. The fourth-order valence-electron chi connectivity index (χ4n) is 2.69. The van der Waals surface area contributed by atoms with Crippen molar-refractivity contribution in [3.8, 4) is 0 Å². The number of hydrogen-bond donors (Lipinski definition) is 5. The number of fused-ring (bicyclic) bond motifs is 1. The molecule has 1 aliphatic heterocycles. The summed E-state index contributed by atoms with van der Waals surface area (Å²) in [5, 5.41) is 37.5. The molecule has 2 aromatic rings. The van der Waals surface area contributed by atoms with E-state index in [0.29, 0.717) is 16.6 Å². The maximum atomic E-state index is 10.2. The molecule has 6 N–H and O–H groups in total.